The molecule has 0 radical (unpaired) electrons. The van der Waals surface area contributed by atoms with Crippen molar-refractivity contribution >= 4 is 6.03 Å². The third kappa shape index (κ3) is 4.42. The van der Waals surface area contributed by atoms with E-state index >= 15 is 0 Å². The van der Waals surface area contributed by atoms with Crippen LogP contribution in [0.25, 0.3) is 0 Å². The van der Waals surface area contributed by atoms with E-state index in [9.17, 15) is 9.90 Å². The van der Waals surface area contributed by atoms with Crippen LogP contribution in [0.15, 0.2) is 36.5 Å². The van der Waals surface area contributed by atoms with Crippen LogP contribution in [0.1, 0.15) is 17.4 Å². The van der Waals surface area contributed by atoms with E-state index in [1.165, 1.54) is 0 Å². The van der Waals surface area contributed by atoms with Gasteiger partial charge in [0.05, 0.1) is 20.8 Å². The molecule has 2 rings (SSSR count). The van der Waals surface area contributed by atoms with Crippen molar-refractivity contribution in [3.8, 4) is 11.5 Å². The first-order valence-electron chi connectivity index (χ1n) is 7.57. The molecule has 7 heteroatoms. The number of aliphatic hydroxyl groups is 1. The number of hydrogen-bond donors (Lipinski definition) is 3. The van der Waals surface area contributed by atoms with Gasteiger partial charge < -0.3 is 29.8 Å². The van der Waals surface area contributed by atoms with Gasteiger partial charge in [-0.15, -0.1) is 0 Å². The molecule has 7 nitrogen and oxygen atoms in total. The maximum absolute atomic E-state index is 11.9. The largest absolute Gasteiger partial charge is 0.493 e. The van der Waals surface area contributed by atoms with Gasteiger partial charge in [-0.3, -0.25) is 0 Å². The summed E-state index contributed by atoms with van der Waals surface area (Å²) in [6.07, 6.45) is 1.09. The highest BCUT2D eigenvalue weighted by Gasteiger charge is 2.12. The lowest BCUT2D eigenvalue weighted by Crippen LogP contribution is -2.37. The molecular weight excluding hydrogens is 310 g/mol. The monoisotopic (exact) mass is 333 g/mol. The summed E-state index contributed by atoms with van der Waals surface area (Å²) >= 11 is 0. The molecule has 130 valence electrons. The SMILES string of the molecule is COc1ccc(CNC(=O)NC[C@H](O)c2cccn2C)cc1OC. The fraction of sp³-hybridized carbons (Fsp3) is 0.353. The molecule has 3 N–H and O–H groups in total. The van der Waals surface area contributed by atoms with Crippen molar-refractivity contribution in [2.45, 2.75) is 12.6 Å². The maximum atomic E-state index is 11.9. The molecule has 2 aromatic rings. The second-order valence-electron chi connectivity index (χ2n) is 5.31. The van der Waals surface area contributed by atoms with E-state index in [0.29, 0.717) is 18.0 Å². The van der Waals surface area contributed by atoms with E-state index < -0.39 is 6.10 Å². The average Bonchev–Trinajstić information content (AvgIpc) is 3.03. The zero-order valence-corrected chi connectivity index (χ0v) is 14.1. The van der Waals surface area contributed by atoms with Gasteiger partial charge in [0.15, 0.2) is 11.5 Å². The van der Waals surface area contributed by atoms with Crippen molar-refractivity contribution in [3.05, 3.63) is 47.8 Å². The van der Waals surface area contributed by atoms with Crippen LogP contribution in [0.5, 0.6) is 11.5 Å². The first-order valence-corrected chi connectivity index (χ1v) is 7.57. The number of urea groups is 1. The third-order valence-electron chi connectivity index (χ3n) is 3.68. The van der Waals surface area contributed by atoms with Crippen LogP contribution in [0.2, 0.25) is 0 Å². The Labute approximate surface area is 141 Å². The maximum Gasteiger partial charge on any atom is 0.315 e. The van der Waals surface area contributed by atoms with Crippen molar-refractivity contribution < 1.29 is 19.4 Å². The summed E-state index contributed by atoms with van der Waals surface area (Å²) in [5.74, 6) is 1.24. The Balaban J connectivity index is 1.82. The molecule has 0 aliphatic carbocycles. The fourth-order valence-electron chi connectivity index (χ4n) is 2.35. The molecule has 0 fully saturated rings. The highest BCUT2D eigenvalue weighted by molar-refractivity contribution is 5.73. The van der Waals surface area contributed by atoms with Crippen LogP contribution in [-0.4, -0.2) is 36.5 Å². The predicted octanol–water partition coefficient (Wildman–Crippen LogP) is 1.58. The van der Waals surface area contributed by atoms with Crippen LogP contribution in [-0.2, 0) is 13.6 Å². The van der Waals surface area contributed by atoms with Crippen molar-refractivity contribution in [1.29, 1.82) is 0 Å². The summed E-state index contributed by atoms with van der Waals surface area (Å²) < 4.78 is 12.2. The number of aromatic nitrogens is 1. The molecule has 1 aromatic carbocycles. The number of methoxy groups -OCH3 is 2. The van der Waals surface area contributed by atoms with Gasteiger partial charge in [-0.2, -0.15) is 0 Å². The van der Waals surface area contributed by atoms with Crippen molar-refractivity contribution in [3.63, 3.8) is 0 Å². The molecule has 0 saturated heterocycles. The number of ether oxygens (including phenoxy) is 2. The minimum absolute atomic E-state index is 0.135. The number of hydrogen-bond acceptors (Lipinski definition) is 4. The smallest absolute Gasteiger partial charge is 0.315 e. The standard InChI is InChI=1S/C17H23N3O4/c1-20-8-4-5-13(20)14(21)11-19-17(22)18-10-12-6-7-15(23-2)16(9-12)24-3/h4-9,14,21H,10-11H2,1-3H3,(H2,18,19,22)/t14-/m0/s1. The van der Waals surface area contributed by atoms with Crippen LogP contribution < -0.4 is 20.1 Å². The van der Waals surface area contributed by atoms with E-state index in [4.69, 9.17) is 9.47 Å². The summed E-state index contributed by atoms with van der Waals surface area (Å²) in [4.78, 5) is 11.9. The predicted molar refractivity (Wildman–Crippen MR) is 90.2 cm³/mol. The molecule has 1 atom stereocenters. The molecule has 0 bridgehead atoms. The van der Waals surface area contributed by atoms with Crippen LogP contribution >= 0.6 is 0 Å². The molecule has 0 spiro atoms. The number of carbonyl (C=O) groups excluding carboxylic acids is 1. The van der Waals surface area contributed by atoms with E-state index in [1.54, 1.807) is 26.4 Å². The highest BCUT2D eigenvalue weighted by Crippen LogP contribution is 2.27. The minimum Gasteiger partial charge on any atom is -0.493 e. The second-order valence-corrected chi connectivity index (χ2v) is 5.31. The molecule has 2 amide bonds. The second kappa shape index (κ2) is 8.26. The molecular formula is C17H23N3O4. The van der Waals surface area contributed by atoms with Crippen LogP contribution in [0.4, 0.5) is 4.79 Å². The normalized spacial score (nSPS) is 11.7. The van der Waals surface area contributed by atoms with E-state index in [1.807, 2.05) is 36.0 Å². The molecule has 0 aliphatic rings. The summed E-state index contributed by atoms with van der Waals surface area (Å²) in [6, 6.07) is 8.74. The van der Waals surface area contributed by atoms with Gasteiger partial charge in [0.1, 0.15) is 6.10 Å². The van der Waals surface area contributed by atoms with Gasteiger partial charge in [0.2, 0.25) is 0 Å². The first-order chi connectivity index (χ1) is 11.5. The van der Waals surface area contributed by atoms with Crippen LogP contribution in [0.3, 0.4) is 0 Å². The lowest BCUT2D eigenvalue weighted by atomic mass is 10.2. The van der Waals surface area contributed by atoms with Crippen LogP contribution in [0, 0.1) is 0 Å². The van der Waals surface area contributed by atoms with Gasteiger partial charge in [-0.05, 0) is 29.8 Å². The summed E-state index contributed by atoms with van der Waals surface area (Å²) in [7, 11) is 4.98. The number of nitrogens with one attached hydrogen (secondary N) is 2. The van der Waals surface area contributed by atoms with Crippen molar-refractivity contribution in [1.82, 2.24) is 15.2 Å². The number of nitrogens with zero attached hydrogens (tertiary/aromatic N) is 1. The Bertz CT molecular complexity index is 684. The fourth-order valence-corrected chi connectivity index (χ4v) is 2.35. The van der Waals surface area contributed by atoms with Crippen molar-refractivity contribution in [2.24, 2.45) is 7.05 Å². The Hall–Kier alpha value is -2.67. The number of aliphatic hydroxyl groups excluding tert-OH is 1. The molecule has 24 heavy (non-hydrogen) atoms. The van der Waals surface area contributed by atoms with Crippen molar-refractivity contribution in [2.75, 3.05) is 20.8 Å². The molecule has 0 saturated carbocycles. The Morgan fingerprint density at radius 2 is 1.96 bits per heavy atom. The Morgan fingerprint density at radius 3 is 2.58 bits per heavy atom. The summed E-state index contributed by atoms with van der Waals surface area (Å²) in [5, 5.41) is 15.4. The number of benzene rings is 1. The third-order valence-corrected chi connectivity index (χ3v) is 3.68. The zero-order chi connectivity index (χ0) is 17.5. The highest BCUT2D eigenvalue weighted by atomic mass is 16.5. The quantitative estimate of drug-likeness (QED) is 0.718. The number of carbonyl (C=O) groups is 1. The molecule has 1 aromatic heterocycles. The Morgan fingerprint density at radius 1 is 1.21 bits per heavy atom. The van der Waals surface area contributed by atoms with Gasteiger partial charge in [0, 0.05) is 25.5 Å². The number of rotatable bonds is 7. The van der Waals surface area contributed by atoms with Gasteiger partial charge in [-0.25, -0.2) is 4.79 Å². The van der Waals surface area contributed by atoms with E-state index in [2.05, 4.69) is 10.6 Å². The van der Waals surface area contributed by atoms with Gasteiger partial charge in [-0.1, -0.05) is 6.07 Å². The Kier molecular flexibility index (Phi) is 6.08. The first kappa shape index (κ1) is 17.7. The minimum atomic E-state index is -0.753. The molecule has 0 unspecified atom stereocenters. The summed E-state index contributed by atoms with van der Waals surface area (Å²) in [6.45, 7) is 0.474. The number of aryl methyl sites for hydroxylation is 1. The lowest BCUT2D eigenvalue weighted by Gasteiger charge is -2.14. The van der Waals surface area contributed by atoms with E-state index in [0.717, 1.165) is 11.3 Å². The average molecular weight is 333 g/mol. The summed E-state index contributed by atoms with van der Waals surface area (Å²) in [5.41, 5.74) is 1.63. The number of amides is 2. The molecule has 0 aliphatic heterocycles. The molecule has 1 heterocycles. The zero-order valence-electron chi connectivity index (χ0n) is 14.1. The van der Waals surface area contributed by atoms with Gasteiger partial charge >= 0.3 is 6.03 Å². The topological polar surface area (TPSA) is 84.8 Å². The van der Waals surface area contributed by atoms with E-state index in [-0.39, 0.29) is 12.6 Å². The lowest BCUT2D eigenvalue weighted by molar-refractivity contribution is 0.166. The van der Waals surface area contributed by atoms with Gasteiger partial charge in [0.25, 0.3) is 0 Å².